The zero-order chi connectivity index (χ0) is 9.31. The lowest BCUT2D eigenvalue weighted by molar-refractivity contribution is 0.571. The van der Waals surface area contributed by atoms with Crippen molar-refractivity contribution >= 4 is 10.0 Å². The van der Waals surface area contributed by atoms with Gasteiger partial charge in [0.1, 0.15) is 0 Å². The molecule has 0 unspecified atom stereocenters. The lowest BCUT2D eigenvalue weighted by atomic mass is 10.7. The first-order valence-corrected chi connectivity index (χ1v) is 5.46. The number of sulfonamides is 1. The molecule has 1 heterocycles. The molecule has 1 N–H and O–H groups in total. The van der Waals surface area contributed by atoms with Gasteiger partial charge in [0.05, 0.1) is 0 Å². The summed E-state index contributed by atoms with van der Waals surface area (Å²) in [5.74, 6) is 0. The quantitative estimate of drug-likeness (QED) is 0.691. The number of rotatable bonds is 3. The summed E-state index contributed by atoms with van der Waals surface area (Å²) in [6.07, 6.45) is 4.64. The van der Waals surface area contributed by atoms with E-state index in [0.29, 0.717) is 0 Å². The predicted octanol–water partition coefficient (Wildman–Crippen LogP) is -0.0827. The van der Waals surface area contributed by atoms with E-state index in [-0.39, 0.29) is 11.2 Å². The zero-order valence-electron chi connectivity index (χ0n) is 6.84. The molecule has 2 rings (SSSR count). The van der Waals surface area contributed by atoms with E-state index in [9.17, 15) is 8.42 Å². The van der Waals surface area contributed by atoms with Crippen LogP contribution in [0, 0.1) is 0 Å². The first kappa shape index (κ1) is 8.58. The summed E-state index contributed by atoms with van der Waals surface area (Å²) in [5, 5.41) is -0.151. The highest BCUT2D eigenvalue weighted by molar-refractivity contribution is 7.89. The average molecular weight is 199 g/mol. The minimum absolute atomic E-state index is 0.0915. The second kappa shape index (κ2) is 3.04. The molecule has 0 aliphatic heterocycles. The van der Waals surface area contributed by atoms with Gasteiger partial charge >= 0.3 is 0 Å². The molecule has 0 amide bonds. The van der Waals surface area contributed by atoms with Crippen molar-refractivity contribution in [2.24, 2.45) is 0 Å². The van der Waals surface area contributed by atoms with Gasteiger partial charge in [0, 0.05) is 18.4 Å². The SMILES string of the molecule is O=S(=O)(NC1CC1)c1ncccn1. The van der Waals surface area contributed by atoms with Crippen molar-refractivity contribution in [2.45, 2.75) is 24.0 Å². The summed E-state index contributed by atoms with van der Waals surface area (Å²) in [4.78, 5) is 7.34. The molecule has 0 atom stereocenters. The highest BCUT2D eigenvalue weighted by Crippen LogP contribution is 2.20. The Morgan fingerprint density at radius 1 is 1.31 bits per heavy atom. The van der Waals surface area contributed by atoms with Crippen LogP contribution < -0.4 is 4.72 Å². The van der Waals surface area contributed by atoms with Crippen LogP contribution in [0.3, 0.4) is 0 Å². The fraction of sp³-hybridized carbons (Fsp3) is 0.429. The zero-order valence-corrected chi connectivity index (χ0v) is 7.66. The average Bonchev–Trinajstić information content (AvgIpc) is 2.89. The lowest BCUT2D eigenvalue weighted by Gasteiger charge is -2.01. The molecule has 1 fully saturated rings. The van der Waals surface area contributed by atoms with E-state index in [2.05, 4.69) is 14.7 Å². The Kier molecular flexibility index (Phi) is 2.01. The summed E-state index contributed by atoms with van der Waals surface area (Å²) in [5.41, 5.74) is 0. The summed E-state index contributed by atoms with van der Waals surface area (Å²) in [6, 6.07) is 1.67. The number of nitrogens with one attached hydrogen (secondary N) is 1. The van der Waals surface area contributed by atoms with Crippen LogP contribution in [0.15, 0.2) is 23.6 Å². The fourth-order valence-electron chi connectivity index (χ4n) is 0.897. The number of hydrogen-bond acceptors (Lipinski definition) is 4. The van der Waals surface area contributed by atoms with Gasteiger partial charge in [0.25, 0.3) is 15.2 Å². The van der Waals surface area contributed by atoms with Crippen LogP contribution in [0.25, 0.3) is 0 Å². The second-order valence-electron chi connectivity index (χ2n) is 2.93. The molecular formula is C7H9N3O2S. The van der Waals surface area contributed by atoms with Crippen LogP contribution in [-0.2, 0) is 10.0 Å². The molecule has 5 nitrogen and oxygen atoms in total. The molecule has 1 aliphatic carbocycles. The smallest absolute Gasteiger partial charge is 0.226 e. The van der Waals surface area contributed by atoms with Gasteiger partial charge in [-0.15, -0.1) is 0 Å². The number of hydrogen-bond donors (Lipinski definition) is 1. The van der Waals surface area contributed by atoms with E-state index >= 15 is 0 Å². The van der Waals surface area contributed by atoms with Crippen LogP contribution in [0.2, 0.25) is 0 Å². The third kappa shape index (κ3) is 2.02. The van der Waals surface area contributed by atoms with E-state index in [1.165, 1.54) is 12.4 Å². The van der Waals surface area contributed by atoms with Gasteiger partial charge in [0.15, 0.2) is 0 Å². The molecule has 1 aliphatic rings. The molecule has 1 aromatic rings. The van der Waals surface area contributed by atoms with Crippen molar-refractivity contribution in [1.82, 2.24) is 14.7 Å². The molecule has 0 aromatic carbocycles. The van der Waals surface area contributed by atoms with Crippen molar-refractivity contribution in [2.75, 3.05) is 0 Å². The highest BCUT2D eigenvalue weighted by atomic mass is 32.2. The Bertz CT molecular complexity index is 385. The molecular weight excluding hydrogens is 190 g/mol. The van der Waals surface area contributed by atoms with Crippen molar-refractivity contribution < 1.29 is 8.42 Å². The molecule has 13 heavy (non-hydrogen) atoms. The molecule has 0 spiro atoms. The molecule has 1 saturated carbocycles. The third-order valence-electron chi connectivity index (χ3n) is 1.68. The minimum Gasteiger partial charge on any atom is -0.226 e. The van der Waals surface area contributed by atoms with E-state index in [4.69, 9.17) is 0 Å². The summed E-state index contributed by atoms with van der Waals surface area (Å²) >= 11 is 0. The van der Waals surface area contributed by atoms with Gasteiger partial charge < -0.3 is 0 Å². The number of nitrogens with zero attached hydrogens (tertiary/aromatic N) is 2. The molecule has 6 heteroatoms. The Balaban J connectivity index is 2.23. The molecule has 0 bridgehead atoms. The third-order valence-corrected chi connectivity index (χ3v) is 3.02. The summed E-state index contributed by atoms with van der Waals surface area (Å²) in [6.45, 7) is 0. The second-order valence-corrected chi connectivity index (χ2v) is 4.53. The Labute approximate surface area is 76.3 Å². The summed E-state index contributed by atoms with van der Waals surface area (Å²) < 4.78 is 25.4. The maximum absolute atomic E-state index is 11.4. The van der Waals surface area contributed by atoms with Gasteiger partial charge in [-0.3, -0.25) is 0 Å². The van der Waals surface area contributed by atoms with Gasteiger partial charge in [-0.1, -0.05) is 0 Å². The monoisotopic (exact) mass is 199 g/mol. The maximum atomic E-state index is 11.4. The maximum Gasteiger partial charge on any atom is 0.276 e. The van der Waals surface area contributed by atoms with Crippen molar-refractivity contribution in [1.29, 1.82) is 0 Å². The predicted molar refractivity (Wildman–Crippen MR) is 45.4 cm³/mol. The van der Waals surface area contributed by atoms with Crippen LogP contribution in [0.4, 0.5) is 0 Å². The van der Waals surface area contributed by atoms with E-state index in [1.54, 1.807) is 6.07 Å². The lowest BCUT2D eigenvalue weighted by Crippen LogP contribution is -2.27. The standard InChI is InChI=1S/C7H9N3O2S/c11-13(12,10-6-2-3-6)7-8-4-1-5-9-7/h1,4-6,10H,2-3H2. The van der Waals surface area contributed by atoms with E-state index < -0.39 is 10.0 Å². The van der Waals surface area contributed by atoms with Gasteiger partial charge in [0.2, 0.25) is 0 Å². The first-order valence-electron chi connectivity index (χ1n) is 3.98. The Hall–Kier alpha value is -1.01. The van der Waals surface area contributed by atoms with Crippen molar-refractivity contribution in [3.63, 3.8) is 0 Å². The van der Waals surface area contributed by atoms with Crippen LogP contribution in [-0.4, -0.2) is 24.4 Å². The van der Waals surface area contributed by atoms with Gasteiger partial charge in [-0.05, 0) is 18.9 Å². The molecule has 1 aromatic heterocycles. The van der Waals surface area contributed by atoms with E-state index in [1.807, 2.05) is 0 Å². The summed E-state index contributed by atoms with van der Waals surface area (Å²) in [7, 11) is -3.47. The van der Waals surface area contributed by atoms with Crippen LogP contribution >= 0.6 is 0 Å². The fourth-order valence-corrected chi connectivity index (χ4v) is 2.08. The Morgan fingerprint density at radius 2 is 1.92 bits per heavy atom. The van der Waals surface area contributed by atoms with Crippen LogP contribution in [0.1, 0.15) is 12.8 Å². The van der Waals surface area contributed by atoms with Crippen molar-refractivity contribution in [3.8, 4) is 0 Å². The topological polar surface area (TPSA) is 72.0 Å². The van der Waals surface area contributed by atoms with Gasteiger partial charge in [-0.2, -0.15) is 0 Å². The van der Waals surface area contributed by atoms with Crippen molar-refractivity contribution in [3.05, 3.63) is 18.5 Å². The molecule has 70 valence electrons. The highest BCUT2D eigenvalue weighted by Gasteiger charge is 2.29. The first-order chi connectivity index (χ1) is 6.18. The largest absolute Gasteiger partial charge is 0.276 e. The number of aromatic nitrogens is 2. The Morgan fingerprint density at radius 3 is 2.46 bits per heavy atom. The van der Waals surface area contributed by atoms with Gasteiger partial charge in [-0.25, -0.2) is 23.1 Å². The molecule has 0 saturated heterocycles. The molecule has 0 radical (unpaired) electrons. The minimum atomic E-state index is -3.47. The van der Waals surface area contributed by atoms with E-state index in [0.717, 1.165) is 12.8 Å². The normalized spacial score (nSPS) is 17.2. The van der Waals surface area contributed by atoms with Crippen LogP contribution in [0.5, 0.6) is 0 Å².